The number of aliphatic carboxylic acids is 2. The van der Waals surface area contributed by atoms with Crippen LogP contribution in [0.3, 0.4) is 0 Å². The van der Waals surface area contributed by atoms with Crippen molar-refractivity contribution in [1.82, 2.24) is 29.9 Å². The number of halogens is 1. The Kier molecular flexibility index (Phi) is 15.9. The number of aromatic nitrogens is 3. The molecule has 288 valence electrons. The van der Waals surface area contributed by atoms with Crippen LogP contribution in [-0.4, -0.2) is 146 Å². The van der Waals surface area contributed by atoms with Crippen LogP contribution in [0.15, 0.2) is 36.7 Å². The number of aliphatic hydroxyl groups excluding tert-OH is 2. The molecule has 2 saturated heterocycles. The fourth-order valence-corrected chi connectivity index (χ4v) is 6.88. The molecule has 15 nitrogen and oxygen atoms in total. The zero-order valence-electron chi connectivity index (χ0n) is 31.0. The van der Waals surface area contributed by atoms with Crippen molar-refractivity contribution in [2.45, 2.75) is 72.0 Å². The third-order valence-electron chi connectivity index (χ3n) is 9.65. The average Bonchev–Trinajstić information content (AvgIpc) is 3.53. The lowest BCUT2D eigenvalue weighted by molar-refractivity contribution is -0.134. The SMILES string of the molecule is CCN(C(=O)c1cc(F)ccc1Oc1nncnc1N1CCC2(C1)CN([C@H](CCCN(C)C(CO)CO)C(C)C)C2)C(C)C.O=C(O)/C=C/C(=O)O. The van der Waals surface area contributed by atoms with Gasteiger partial charge >= 0.3 is 11.9 Å². The molecule has 3 heterocycles. The molecule has 0 unspecified atom stereocenters. The average molecular weight is 732 g/mol. The maximum Gasteiger partial charge on any atom is 0.328 e. The summed E-state index contributed by atoms with van der Waals surface area (Å²) < 4.78 is 20.4. The topological polar surface area (TPSA) is 193 Å². The van der Waals surface area contributed by atoms with Crippen molar-refractivity contribution in [1.29, 1.82) is 0 Å². The van der Waals surface area contributed by atoms with Crippen LogP contribution in [0.4, 0.5) is 10.2 Å². The lowest BCUT2D eigenvalue weighted by Gasteiger charge is -2.53. The molecule has 0 aliphatic carbocycles. The van der Waals surface area contributed by atoms with Gasteiger partial charge in [-0.1, -0.05) is 13.8 Å². The highest BCUT2D eigenvalue weighted by atomic mass is 19.1. The van der Waals surface area contributed by atoms with E-state index in [1.807, 2.05) is 32.7 Å². The molecule has 1 aromatic heterocycles. The third kappa shape index (κ3) is 11.4. The minimum Gasteiger partial charge on any atom is -0.478 e. The van der Waals surface area contributed by atoms with E-state index in [0.29, 0.717) is 36.5 Å². The molecule has 4 rings (SSSR count). The van der Waals surface area contributed by atoms with Gasteiger partial charge in [0.25, 0.3) is 11.8 Å². The molecular formula is C36H54FN7O8. The van der Waals surface area contributed by atoms with E-state index in [0.717, 1.165) is 52.0 Å². The van der Waals surface area contributed by atoms with Crippen molar-refractivity contribution >= 4 is 23.7 Å². The van der Waals surface area contributed by atoms with Gasteiger partial charge in [-0.05, 0) is 77.7 Å². The molecule has 4 N–H and O–H groups in total. The monoisotopic (exact) mass is 731 g/mol. The summed E-state index contributed by atoms with van der Waals surface area (Å²) in [5.41, 5.74) is 0.292. The summed E-state index contributed by atoms with van der Waals surface area (Å²) >= 11 is 0. The lowest BCUT2D eigenvalue weighted by Crippen LogP contribution is -2.62. The van der Waals surface area contributed by atoms with Crippen LogP contribution in [0.25, 0.3) is 0 Å². The number of hydrogen-bond donors (Lipinski definition) is 4. The highest BCUT2D eigenvalue weighted by Gasteiger charge is 2.50. The van der Waals surface area contributed by atoms with Gasteiger partial charge in [-0.3, -0.25) is 14.6 Å². The van der Waals surface area contributed by atoms with Gasteiger partial charge in [-0.2, -0.15) is 0 Å². The van der Waals surface area contributed by atoms with Crippen LogP contribution in [-0.2, 0) is 9.59 Å². The van der Waals surface area contributed by atoms with Crippen molar-refractivity contribution in [3.63, 3.8) is 0 Å². The number of ether oxygens (including phenoxy) is 1. The zero-order valence-corrected chi connectivity index (χ0v) is 31.0. The fraction of sp³-hybridized carbons (Fsp3) is 0.611. The number of anilines is 1. The van der Waals surface area contributed by atoms with Crippen molar-refractivity contribution in [2.75, 3.05) is 64.4 Å². The van der Waals surface area contributed by atoms with Gasteiger partial charge in [0.05, 0.1) is 24.8 Å². The largest absolute Gasteiger partial charge is 0.478 e. The van der Waals surface area contributed by atoms with Gasteiger partial charge in [0.1, 0.15) is 17.9 Å². The Morgan fingerprint density at radius 1 is 1.06 bits per heavy atom. The molecule has 0 bridgehead atoms. The number of carboxylic acid groups (broad SMARTS) is 2. The third-order valence-corrected chi connectivity index (χ3v) is 9.65. The minimum absolute atomic E-state index is 0.0425. The Balaban J connectivity index is 0.000000815. The van der Waals surface area contributed by atoms with E-state index >= 15 is 0 Å². The smallest absolute Gasteiger partial charge is 0.328 e. The maximum atomic E-state index is 14.3. The minimum atomic E-state index is -1.26. The second-order valence-corrected chi connectivity index (χ2v) is 14.1. The molecule has 52 heavy (non-hydrogen) atoms. The Morgan fingerprint density at radius 3 is 2.27 bits per heavy atom. The Morgan fingerprint density at radius 2 is 1.71 bits per heavy atom. The van der Waals surface area contributed by atoms with Crippen LogP contribution in [0.1, 0.15) is 64.2 Å². The summed E-state index contributed by atoms with van der Waals surface area (Å²) in [5.74, 6) is -1.84. The maximum absolute atomic E-state index is 14.3. The first-order valence-electron chi connectivity index (χ1n) is 17.7. The predicted molar refractivity (Wildman–Crippen MR) is 192 cm³/mol. The summed E-state index contributed by atoms with van der Waals surface area (Å²) in [4.78, 5) is 45.4. The Hall–Kier alpha value is -4.25. The number of likely N-dealkylation sites (tertiary alicyclic amines) is 1. The second-order valence-electron chi connectivity index (χ2n) is 14.1. The molecule has 16 heteroatoms. The first-order chi connectivity index (χ1) is 24.6. The number of carboxylic acids is 2. The fourth-order valence-electron chi connectivity index (χ4n) is 6.88. The number of benzene rings is 1. The van der Waals surface area contributed by atoms with Crippen molar-refractivity contribution in [3.8, 4) is 11.6 Å². The number of nitrogens with zero attached hydrogens (tertiary/aromatic N) is 7. The normalized spacial score (nSPS) is 16.1. The number of likely N-dealkylation sites (N-methyl/N-ethyl adjacent to an activating group) is 1. The summed E-state index contributed by atoms with van der Waals surface area (Å²) in [5, 5.41) is 42.7. The van der Waals surface area contributed by atoms with Crippen LogP contribution >= 0.6 is 0 Å². The van der Waals surface area contributed by atoms with Crippen LogP contribution < -0.4 is 9.64 Å². The van der Waals surface area contributed by atoms with Crippen LogP contribution in [0.5, 0.6) is 11.6 Å². The number of carbonyl (C=O) groups excluding carboxylic acids is 1. The molecule has 0 saturated carbocycles. The highest BCUT2D eigenvalue weighted by Crippen LogP contribution is 2.44. The van der Waals surface area contributed by atoms with E-state index < -0.39 is 17.8 Å². The van der Waals surface area contributed by atoms with Gasteiger partial charge in [-0.15, -0.1) is 10.2 Å². The number of hydrogen-bond acceptors (Lipinski definition) is 12. The molecule has 1 spiro atoms. The van der Waals surface area contributed by atoms with E-state index in [1.165, 1.54) is 24.5 Å². The quantitative estimate of drug-likeness (QED) is 0.174. The van der Waals surface area contributed by atoms with Crippen LogP contribution in [0, 0.1) is 17.2 Å². The standard InChI is InChI=1S/C32H50FN7O4.C4H4O4/c1-7-40(23(4)5)31(43)26-15-24(33)10-11-28(26)44-30-29(34-21-35-36-30)38-14-12-32(18-38)19-39(20-32)27(22(2)3)9-8-13-37(6)25(16-41)17-42;5-3(6)1-2-4(7)8/h10-11,15,21-23,25,27,41-42H,7-9,12-14,16-20H2,1-6H3;1-2H,(H,5,6)(H,7,8)/b;2-1+/t27-;/m1./s1. The van der Waals surface area contributed by atoms with E-state index in [2.05, 4.69) is 38.8 Å². The highest BCUT2D eigenvalue weighted by molar-refractivity contribution is 5.97. The first-order valence-corrected chi connectivity index (χ1v) is 17.7. The molecule has 2 aliphatic heterocycles. The molecule has 2 fully saturated rings. The van der Waals surface area contributed by atoms with Gasteiger partial charge in [0.15, 0.2) is 5.82 Å². The predicted octanol–water partition coefficient (Wildman–Crippen LogP) is 2.99. The van der Waals surface area contributed by atoms with Gasteiger partial charge < -0.3 is 35.0 Å². The molecule has 1 atom stereocenters. The first kappa shape index (κ1) is 42.2. The van der Waals surface area contributed by atoms with E-state index in [1.54, 1.807) is 4.90 Å². The summed E-state index contributed by atoms with van der Waals surface area (Å²) in [6, 6.07) is 4.14. The Bertz CT molecular complexity index is 1500. The molecular weight excluding hydrogens is 677 g/mol. The van der Waals surface area contributed by atoms with Crippen molar-refractivity contribution in [2.24, 2.45) is 11.3 Å². The number of amides is 1. The van der Waals surface area contributed by atoms with Gasteiger partial charge in [0.2, 0.25) is 0 Å². The van der Waals surface area contributed by atoms with E-state index in [4.69, 9.17) is 14.9 Å². The van der Waals surface area contributed by atoms with Crippen molar-refractivity contribution < 1.29 is 43.9 Å². The summed E-state index contributed by atoms with van der Waals surface area (Å²) in [7, 11) is 1.95. The number of aliphatic hydroxyl groups is 2. The summed E-state index contributed by atoms with van der Waals surface area (Å²) in [6.07, 6.45) is 5.60. The Labute approximate surface area is 304 Å². The number of carbonyl (C=O) groups is 3. The summed E-state index contributed by atoms with van der Waals surface area (Å²) in [6.45, 7) is 15.1. The lowest BCUT2D eigenvalue weighted by atomic mass is 9.76. The van der Waals surface area contributed by atoms with Crippen molar-refractivity contribution in [3.05, 3.63) is 48.1 Å². The van der Waals surface area contributed by atoms with E-state index in [9.17, 15) is 29.0 Å². The second kappa shape index (κ2) is 19.5. The molecule has 2 aromatic rings. The molecule has 2 aliphatic rings. The van der Waals surface area contributed by atoms with Gasteiger partial charge in [-0.25, -0.2) is 19.0 Å². The number of rotatable bonds is 17. The molecule has 0 radical (unpaired) electrons. The van der Waals surface area contributed by atoms with E-state index in [-0.39, 0.29) is 53.8 Å². The molecule has 1 aromatic carbocycles. The van der Waals surface area contributed by atoms with Gasteiger partial charge in [0, 0.05) is 62.4 Å². The van der Waals surface area contributed by atoms with Crippen LogP contribution in [0.2, 0.25) is 0 Å². The zero-order chi connectivity index (χ0) is 38.6. The molecule has 1 amide bonds.